The lowest BCUT2D eigenvalue weighted by Crippen LogP contribution is -2.54. The Balaban J connectivity index is 1.92. The number of nitrogens with two attached hydrogens (primary N) is 1. The molecule has 0 aliphatic carbocycles. The number of aliphatic hydroxyl groups is 1. The average molecular weight is 575 g/mol. The van der Waals surface area contributed by atoms with Crippen molar-refractivity contribution >= 4 is 41.3 Å². The molecular weight excluding hydrogens is 536 g/mol. The van der Waals surface area contributed by atoms with Crippen molar-refractivity contribution in [2.24, 2.45) is 11.7 Å². The maximum absolute atomic E-state index is 13.2. The number of urea groups is 1. The highest BCUT2D eigenvalue weighted by Gasteiger charge is 2.29. The van der Waals surface area contributed by atoms with Crippen LogP contribution in [0, 0.1) is 5.92 Å². The summed E-state index contributed by atoms with van der Waals surface area (Å²) in [7, 11) is 0. The molecule has 0 fully saturated rings. The van der Waals surface area contributed by atoms with Gasteiger partial charge in [-0.05, 0) is 36.5 Å². The minimum atomic E-state index is -0.985. The number of carbonyl (C=O) groups excluding carboxylic acids is 6. The van der Waals surface area contributed by atoms with E-state index in [2.05, 4.69) is 21.3 Å². The molecular formula is C27H38N6O8. The number of aliphatic hydroxyl groups excluding tert-OH is 1. The SMILES string of the molecule is CC(C)[C@H](NC(=O)CCOCCN1C(=O)C=CC1=O)C(=O)NC(CCCNC(N)=O)C(=O)Nc1ccc(CO)cc1. The van der Waals surface area contributed by atoms with Crippen LogP contribution in [0.2, 0.25) is 0 Å². The molecule has 2 rings (SSSR count). The Hall–Kier alpha value is -4.30. The van der Waals surface area contributed by atoms with Crippen LogP contribution in [-0.4, -0.2) is 84.0 Å². The number of hydrogen-bond acceptors (Lipinski definition) is 8. The summed E-state index contributed by atoms with van der Waals surface area (Å²) in [6.07, 6.45) is 2.80. The fourth-order valence-electron chi connectivity index (χ4n) is 3.83. The monoisotopic (exact) mass is 574 g/mol. The lowest BCUT2D eigenvalue weighted by molar-refractivity contribution is -0.138. The van der Waals surface area contributed by atoms with E-state index < -0.39 is 47.7 Å². The van der Waals surface area contributed by atoms with Crippen LogP contribution < -0.4 is 27.0 Å². The molecule has 0 aromatic heterocycles. The van der Waals surface area contributed by atoms with Gasteiger partial charge in [0.1, 0.15) is 12.1 Å². The van der Waals surface area contributed by atoms with Gasteiger partial charge in [0.05, 0.1) is 26.4 Å². The van der Waals surface area contributed by atoms with Crippen molar-refractivity contribution < 1.29 is 38.6 Å². The molecule has 0 bridgehead atoms. The molecule has 41 heavy (non-hydrogen) atoms. The van der Waals surface area contributed by atoms with Gasteiger partial charge in [0.25, 0.3) is 11.8 Å². The molecule has 1 aliphatic rings. The molecule has 1 unspecified atom stereocenters. The average Bonchev–Trinajstić information content (AvgIpc) is 3.25. The summed E-state index contributed by atoms with van der Waals surface area (Å²) in [5.74, 6) is -2.67. The molecule has 1 aromatic rings. The van der Waals surface area contributed by atoms with Crippen LogP contribution in [0.5, 0.6) is 0 Å². The number of carbonyl (C=O) groups is 6. The van der Waals surface area contributed by atoms with Crippen molar-refractivity contribution in [1.29, 1.82) is 0 Å². The number of rotatable bonds is 17. The number of amides is 7. The molecule has 14 nitrogen and oxygen atoms in total. The van der Waals surface area contributed by atoms with Gasteiger partial charge in [0.2, 0.25) is 17.7 Å². The van der Waals surface area contributed by atoms with Crippen LogP contribution >= 0.6 is 0 Å². The van der Waals surface area contributed by atoms with E-state index in [0.29, 0.717) is 17.7 Å². The predicted octanol–water partition coefficient (Wildman–Crippen LogP) is -0.477. The summed E-state index contributed by atoms with van der Waals surface area (Å²) >= 11 is 0. The van der Waals surface area contributed by atoms with Gasteiger partial charge in [0, 0.05) is 30.8 Å². The lowest BCUT2D eigenvalue weighted by atomic mass is 10.0. The van der Waals surface area contributed by atoms with Crippen molar-refractivity contribution in [3.63, 3.8) is 0 Å². The summed E-state index contributed by atoms with van der Waals surface area (Å²) in [5.41, 5.74) is 6.22. The number of ether oxygens (including phenoxy) is 1. The summed E-state index contributed by atoms with van der Waals surface area (Å²) in [4.78, 5) is 73.8. The highest BCUT2D eigenvalue weighted by molar-refractivity contribution is 6.12. The van der Waals surface area contributed by atoms with Gasteiger partial charge in [-0.1, -0.05) is 26.0 Å². The Morgan fingerprint density at radius 1 is 0.976 bits per heavy atom. The Kier molecular flexibility index (Phi) is 13.4. The van der Waals surface area contributed by atoms with Crippen LogP contribution in [0.15, 0.2) is 36.4 Å². The third-order valence-corrected chi connectivity index (χ3v) is 6.10. The van der Waals surface area contributed by atoms with Crippen molar-refractivity contribution in [3.8, 4) is 0 Å². The zero-order valence-corrected chi connectivity index (χ0v) is 23.2. The normalized spacial score (nSPS) is 14.1. The van der Waals surface area contributed by atoms with E-state index in [-0.39, 0.29) is 51.7 Å². The van der Waals surface area contributed by atoms with E-state index in [9.17, 15) is 33.9 Å². The Morgan fingerprint density at radius 3 is 2.22 bits per heavy atom. The number of anilines is 1. The second-order valence-electron chi connectivity index (χ2n) is 9.65. The molecule has 0 saturated heterocycles. The first-order valence-corrected chi connectivity index (χ1v) is 13.3. The smallest absolute Gasteiger partial charge is 0.312 e. The van der Waals surface area contributed by atoms with Crippen LogP contribution in [0.4, 0.5) is 10.5 Å². The number of benzene rings is 1. The van der Waals surface area contributed by atoms with Gasteiger partial charge in [-0.2, -0.15) is 0 Å². The molecule has 0 spiro atoms. The predicted molar refractivity (Wildman–Crippen MR) is 148 cm³/mol. The summed E-state index contributed by atoms with van der Waals surface area (Å²) in [6, 6.07) is 3.90. The first kappa shape index (κ1) is 32.9. The highest BCUT2D eigenvalue weighted by atomic mass is 16.5. The van der Waals surface area contributed by atoms with Gasteiger partial charge < -0.3 is 36.8 Å². The van der Waals surface area contributed by atoms with Crippen LogP contribution in [0.3, 0.4) is 0 Å². The number of imide groups is 1. The zero-order valence-electron chi connectivity index (χ0n) is 23.2. The van der Waals surface area contributed by atoms with Gasteiger partial charge >= 0.3 is 6.03 Å². The molecule has 1 aliphatic heterocycles. The van der Waals surface area contributed by atoms with Gasteiger partial charge in [-0.25, -0.2) is 4.79 Å². The maximum Gasteiger partial charge on any atom is 0.312 e. The molecule has 14 heteroatoms. The van der Waals surface area contributed by atoms with Crippen molar-refractivity contribution in [1.82, 2.24) is 20.9 Å². The second kappa shape index (κ2) is 16.7. The fraction of sp³-hybridized carbons (Fsp3) is 0.481. The minimum Gasteiger partial charge on any atom is -0.392 e. The van der Waals surface area contributed by atoms with Gasteiger partial charge in [-0.3, -0.25) is 28.9 Å². The molecule has 0 saturated carbocycles. The largest absolute Gasteiger partial charge is 0.392 e. The van der Waals surface area contributed by atoms with Crippen molar-refractivity contribution in [3.05, 3.63) is 42.0 Å². The van der Waals surface area contributed by atoms with Crippen LogP contribution in [-0.2, 0) is 35.3 Å². The highest BCUT2D eigenvalue weighted by Crippen LogP contribution is 2.12. The maximum atomic E-state index is 13.2. The number of hydrogen-bond donors (Lipinski definition) is 6. The zero-order chi connectivity index (χ0) is 30.4. The molecule has 7 N–H and O–H groups in total. The third kappa shape index (κ3) is 11.4. The summed E-state index contributed by atoms with van der Waals surface area (Å²) in [5, 5.41) is 19.7. The van der Waals surface area contributed by atoms with E-state index >= 15 is 0 Å². The lowest BCUT2D eigenvalue weighted by Gasteiger charge is -2.25. The summed E-state index contributed by atoms with van der Waals surface area (Å²) in [6.45, 7) is 3.67. The molecule has 224 valence electrons. The van der Waals surface area contributed by atoms with E-state index in [4.69, 9.17) is 10.5 Å². The third-order valence-electron chi connectivity index (χ3n) is 6.10. The number of primary amides is 1. The van der Waals surface area contributed by atoms with Crippen molar-refractivity contribution in [2.45, 2.75) is 51.8 Å². The first-order valence-electron chi connectivity index (χ1n) is 13.3. The molecule has 1 heterocycles. The van der Waals surface area contributed by atoms with E-state index in [1.165, 1.54) is 12.2 Å². The first-order chi connectivity index (χ1) is 19.5. The van der Waals surface area contributed by atoms with Crippen LogP contribution in [0.1, 0.15) is 38.7 Å². The topological polar surface area (TPSA) is 209 Å². The Morgan fingerprint density at radius 2 is 1.63 bits per heavy atom. The van der Waals surface area contributed by atoms with E-state index in [1.54, 1.807) is 38.1 Å². The van der Waals surface area contributed by atoms with E-state index in [0.717, 1.165) is 4.90 Å². The molecule has 7 amide bonds. The van der Waals surface area contributed by atoms with Gasteiger partial charge in [-0.15, -0.1) is 0 Å². The van der Waals surface area contributed by atoms with E-state index in [1.807, 2.05) is 0 Å². The number of nitrogens with zero attached hydrogens (tertiary/aromatic N) is 1. The molecule has 0 radical (unpaired) electrons. The quantitative estimate of drug-likeness (QED) is 0.105. The Labute approximate surface area is 238 Å². The molecule has 1 aromatic carbocycles. The fourth-order valence-corrected chi connectivity index (χ4v) is 3.83. The summed E-state index contributed by atoms with van der Waals surface area (Å²) < 4.78 is 5.36. The van der Waals surface area contributed by atoms with Crippen LogP contribution in [0.25, 0.3) is 0 Å². The standard InChI is InChI=1S/C27H38N6O8/c1-17(2)24(32-21(35)11-14-41-15-13-33-22(36)9-10-23(33)37)26(39)31-20(4-3-12-29-27(28)40)25(38)30-19-7-5-18(16-34)6-8-19/h5-10,17,20,24,34H,3-4,11-16H2,1-2H3,(H,30,38)(H,31,39)(H,32,35)(H3,28,29,40)/t20?,24-/m0/s1. The minimum absolute atomic E-state index is 0.00881. The Bertz CT molecular complexity index is 1100. The molecule has 2 atom stereocenters. The van der Waals surface area contributed by atoms with Crippen molar-refractivity contribution in [2.75, 3.05) is 31.6 Å². The number of nitrogens with one attached hydrogen (secondary N) is 4. The van der Waals surface area contributed by atoms with Gasteiger partial charge in [0.15, 0.2) is 0 Å². The second-order valence-corrected chi connectivity index (χ2v) is 9.65.